The number of carbonyl (C=O) groups is 1. The molecule has 3 aromatic carbocycles. The number of amides is 1. The second kappa shape index (κ2) is 7.78. The van der Waals surface area contributed by atoms with E-state index < -0.39 is 6.09 Å². The zero-order chi connectivity index (χ0) is 19.5. The molecule has 6 heteroatoms. The first kappa shape index (κ1) is 18.1. The number of fused-ring (bicyclic) bond motifs is 1. The number of imidazole rings is 1. The number of hydrogen-bond acceptors (Lipinski definition) is 4. The van der Waals surface area contributed by atoms with E-state index in [1.165, 1.54) is 15.4 Å². The molecule has 0 spiro atoms. The van der Waals surface area contributed by atoms with Crippen molar-refractivity contribution in [3.63, 3.8) is 0 Å². The third-order valence-corrected chi connectivity index (χ3v) is 5.38. The molecule has 140 valence electrons. The Kier molecular flexibility index (Phi) is 5.04. The molecule has 0 saturated carbocycles. The summed E-state index contributed by atoms with van der Waals surface area (Å²) in [6, 6.07) is 22.1. The van der Waals surface area contributed by atoms with Crippen LogP contribution in [0.5, 0.6) is 5.75 Å². The van der Waals surface area contributed by atoms with Crippen LogP contribution < -0.4 is 10.5 Å². The van der Waals surface area contributed by atoms with Gasteiger partial charge in [-0.2, -0.15) is 0 Å². The van der Waals surface area contributed by atoms with Gasteiger partial charge in [-0.05, 0) is 48.4 Å². The number of carbonyl (C=O) groups excluding carboxylic acids is 1. The van der Waals surface area contributed by atoms with E-state index >= 15 is 0 Å². The molecule has 0 aliphatic heterocycles. The molecule has 1 amide bonds. The molecule has 0 bridgehead atoms. The summed E-state index contributed by atoms with van der Waals surface area (Å²) in [6.45, 7) is 2.16. The van der Waals surface area contributed by atoms with Gasteiger partial charge in [0.2, 0.25) is 0 Å². The molecule has 0 fully saturated rings. The minimum atomic E-state index is -0.840. The van der Waals surface area contributed by atoms with Crippen LogP contribution in [0.1, 0.15) is 12.5 Å². The fourth-order valence-electron chi connectivity index (χ4n) is 2.91. The number of aromatic amines is 1. The lowest BCUT2D eigenvalue weighted by molar-refractivity contribution is 0.211. The van der Waals surface area contributed by atoms with Crippen molar-refractivity contribution < 1.29 is 9.53 Å². The van der Waals surface area contributed by atoms with Gasteiger partial charge in [-0.15, -0.1) is 0 Å². The van der Waals surface area contributed by atoms with Crippen molar-refractivity contribution in [2.75, 3.05) is 0 Å². The van der Waals surface area contributed by atoms with E-state index in [0.29, 0.717) is 11.3 Å². The molecule has 0 aliphatic carbocycles. The maximum absolute atomic E-state index is 10.9. The van der Waals surface area contributed by atoms with Crippen molar-refractivity contribution in [2.24, 2.45) is 5.73 Å². The molecule has 3 N–H and O–H groups in total. The van der Waals surface area contributed by atoms with Crippen LogP contribution in [0.2, 0.25) is 0 Å². The summed E-state index contributed by atoms with van der Waals surface area (Å²) in [5, 5.41) is 0. The van der Waals surface area contributed by atoms with Crippen LogP contribution >= 0.6 is 11.8 Å². The third kappa shape index (κ3) is 4.02. The Balaban J connectivity index is 1.53. The number of nitrogens with two attached hydrogens (primary N) is 1. The number of primary amides is 1. The lowest BCUT2D eigenvalue weighted by Crippen LogP contribution is -2.16. The molecule has 0 saturated heterocycles. The maximum atomic E-state index is 10.9. The summed E-state index contributed by atoms with van der Waals surface area (Å²) in [6.07, 6.45) is 0.209. The van der Waals surface area contributed by atoms with Crippen LogP contribution in [0.25, 0.3) is 22.4 Å². The Hall–Kier alpha value is -3.25. The van der Waals surface area contributed by atoms with Gasteiger partial charge in [-0.1, -0.05) is 43.0 Å². The highest BCUT2D eigenvalue weighted by Crippen LogP contribution is 2.30. The quantitative estimate of drug-likeness (QED) is 0.479. The summed E-state index contributed by atoms with van der Waals surface area (Å²) in [5.41, 5.74) is 8.96. The van der Waals surface area contributed by atoms with Gasteiger partial charge in [0.15, 0.2) is 0 Å². The van der Waals surface area contributed by atoms with E-state index in [9.17, 15) is 4.79 Å². The number of rotatable bonds is 5. The Morgan fingerprint density at radius 2 is 1.71 bits per heavy atom. The number of H-pyrrole nitrogens is 1. The van der Waals surface area contributed by atoms with Gasteiger partial charge in [0.25, 0.3) is 0 Å². The first-order valence-electron chi connectivity index (χ1n) is 8.95. The highest BCUT2D eigenvalue weighted by Gasteiger charge is 2.08. The molecule has 4 aromatic rings. The van der Waals surface area contributed by atoms with Crippen molar-refractivity contribution in [3.05, 3.63) is 72.3 Å². The lowest BCUT2D eigenvalue weighted by atomic mass is 10.2. The topological polar surface area (TPSA) is 81.0 Å². The van der Waals surface area contributed by atoms with E-state index in [0.717, 1.165) is 23.3 Å². The second-order valence-corrected chi connectivity index (χ2v) is 7.46. The van der Waals surface area contributed by atoms with Crippen molar-refractivity contribution in [1.82, 2.24) is 9.97 Å². The highest BCUT2D eigenvalue weighted by atomic mass is 32.2. The van der Waals surface area contributed by atoms with E-state index in [4.69, 9.17) is 10.5 Å². The number of ether oxygens (including phenoxy) is 1. The zero-order valence-corrected chi connectivity index (χ0v) is 16.1. The molecular formula is C22H19N3O2S. The van der Waals surface area contributed by atoms with Crippen molar-refractivity contribution in [2.45, 2.75) is 23.1 Å². The Morgan fingerprint density at radius 1 is 1.04 bits per heavy atom. The smallest absolute Gasteiger partial charge is 0.409 e. The minimum absolute atomic E-state index is 0.374. The number of nitrogens with zero attached hydrogens (tertiary/aromatic N) is 1. The Bertz CT molecular complexity index is 1120. The molecule has 1 heterocycles. The molecule has 5 nitrogen and oxygen atoms in total. The van der Waals surface area contributed by atoms with Gasteiger partial charge >= 0.3 is 6.09 Å². The highest BCUT2D eigenvalue weighted by molar-refractivity contribution is 7.99. The molecule has 1 aromatic heterocycles. The molecule has 0 radical (unpaired) electrons. The van der Waals surface area contributed by atoms with Gasteiger partial charge < -0.3 is 15.5 Å². The number of hydrogen-bond donors (Lipinski definition) is 2. The molecule has 28 heavy (non-hydrogen) atoms. The maximum Gasteiger partial charge on any atom is 0.409 e. The van der Waals surface area contributed by atoms with Gasteiger partial charge in [0.05, 0.1) is 11.0 Å². The number of aromatic nitrogens is 2. The molecule has 4 rings (SSSR count). The summed E-state index contributed by atoms with van der Waals surface area (Å²) < 4.78 is 4.91. The van der Waals surface area contributed by atoms with Crippen LogP contribution in [-0.2, 0) is 6.42 Å². The van der Waals surface area contributed by atoms with Gasteiger partial charge in [0.1, 0.15) is 11.6 Å². The van der Waals surface area contributed by atoms with Gasteiger partial charge in [-0.25, -0.2) is 9.78 Å². The van der Waals surface area contributed by atoms with Crippen LogP contribution in [0.3, 0.4) is 0 Å². The minimum Gasteiger partial charge on any atom is -0.410 e. The van der Waals surface area contributed by atoms with E-state index in [2.05, 4.69) is 53.3 Å². The number of aryl methyl sites for hydroxylation is 1. The Morgan fingerprint density at radius 3 is 2.36 bits per heavy atom. The average Bonchev–Trinajstić information content (AvgIpc) is 3.12. The van der Waals surface area contributed by atoms with Gasteiger partial charge in [0, 0.05) is 21.4 Å². The molecule has 0 atom stereocenters. The van der Waals surface area contributed by atoms with E-state index in [-0.39, 0.29) is 0 Å². The first-order chi connectivity index (χ1) is 13.6. The summed E-state index contributed by atoms with van der Waals surface area (Å²) in [4.78, 5) is 21.2. The van der Waals surface area contributed by atoms with Crippen LogP contribution in [0.15, 0.2) is 76.5 Å². The molecular weight excluding hydrogens is 370 g/mol. The predicted molar refractivity (Wildman–Crippen MR) is 112 cm³/mol. The average molecular weight is 389 g/mol. The van der Waals surface area contributed by atoms with Gasteiger partial charge in [-0.3, -0.25) is 0 Å². The molecule has 0 unspecified atom stereocenters. The molecule has 0 aliphatic rings. The van der Waals surface area contributed by atoms with Crippen LogP contribution in [0.4, 0.5) is 4.79 Å². The SMILES string of the molecule is CCc1ccc(Sc2ccc(-c3nc4cc(OC(N)=O)ccc4[nH]3)cc2)cc1. The second-order valence-electron chi connectivity index (χ2n) is 6.31. The van der Waals surface area contributed by atoms with E-state index in [1.54, 1.807) is 23.9 Å². The summed E-state index contributed by atoms with van der Waals surface area (Å²) in [5.74, 6) is 1.13. The van der Waals surface area contributed by atoms with Crippen molar-refractivity contribution in [1.29, 1.82) is 0 Å². The predicted octanol–water partition coefficient (Wildman–Crippen LogP) is 5.40. The van der Waals surface area contributed by atoms with Crippen molar-refractivity contribution in [3.8, 4) is 17.1 Å². The fraction of sp³-hybridized carbons (Fsp3) is 0.0909. The van der Waals surface area contributed by atoms with E-state index in [1.807, 2.05) is 18.2 Å². The number of benzene rings is 3. The number of nitrogens with one attached hydrogen (secondary N) is 1. The standard InChI is InChI=1S/C22H19N3O2S/c1-2-14-3-8-17(9-4-14)28-18-10-5-15(6-11-18)21-24-19-12-7-16(27-22(23)26)13-20(19)25-21/h3-13H,2H2,1H3,(H2,23,26)(H,24,25). The first-order valence-corrected chi connectivity index (χ1v) is 9.76. The summed E-state index contributed by atoms with van der Waals surface area (Å²) >= 11 is 1.73. The third-order valence-electron chi connectivity index (χ3n) is 4.37. The van der Waals surface area contributed by atoms with Crippen molar-refractivity contribution >= 4 is 28.9 Å². The Labute approximate surface area is 166 Å². The largest absolute Gasteiger partial charge is 0.410 e. The zero-order valence-electron chi connectivity index (χ0n) is 15.3. The fourth-order valence-corrected chi connectivity index (χ4v) is 3.73. The van der Waals surface area contributed by atoms with Crippen LogP contribution in [-0.4, -0.2) is 16.1 Å². The monoisotopic (exact) mass is 389 g/mol. The normalized spacial score (nSPS) is 10.9. The van der Waals surface area contributed by atoms with Crippen LogP contribution in [0, 0.1) is 0 Å². The summed E-state index contributed by atoms with van der Waals surface area (Å²) in [7, 11) is 0. The lowest BCUT2D eigenvalue weighted by Gasteiger charge is -2.04.